The minimum absolute atomic E-state index is 0. The fourth-order valence-corrected chi connectivity index (χ4v) is 9.84. The quantitative estimate of drug-likeness (QED) is 0.112. The second-order valence-corrected chi connectivity index (χ2v) is 26.3. The Balaban J connectivity index is 0.000000197. The average Bonchev–Trinajstić information content (AvgIpc) is 3.59. The Kier molecular flexibility index (Phi) is 13.0. The molecular formula is C51H50GeIrN2O-2. The number of fused-ring (bicyclic) bond motifs is 3. The fraction of sp³-hybridized carbons (Fsp3) is 0.216. The van der Waals surface area contributed by atoms with Crippen molar-refractivity contribution in [1.29, 1.82) is 0 Å². The van der Waals surface area contributed by atoms with Crippen LogP contribution in [-0.4, -0.2) is 23.2 Å². The van der Waals surface area contributed by atoms with Crippen molar-refractivity contribution in [2.24, 2.45) is 0 Å². The van der Waals surface area contributed by atoms with E-state index in [4.69, 9.17) is 14.4 Å². The van der Waals surface area contributed by atoms with Gasteiger partial charge in [-0.2, -0.15) is 0 Å². The van der Waals surface area contributed by atoms with Crippen molar-refractivity contribution in [1.82, 2.24) is 9.97 Å². The Bertz CT molecular complexity index is 2560. The predicted octanol–water partition coefficient (Wildman–Crippen LogP) is 13.7. The van der Waals surface area contributed by atoms with Gasteiger partial charge in [0.25, 0.3) is 0 Å². The Morgan fingerprint density at radius 2 is 1.43 bits per heavy atom. The molecule has 0 fully saturated rings. The van der Waals surface area contributed by atoms with E-state index >= 15 is 0 Å². The molecule has 0 N–H and O–H groups in total. The van der Waals surface area contributed by atoms with Crippen LogP contribution in [0.15, 0.2) is 132 Å². The molecule has 0 bridgehead atoms. The molecule has 5 aromatic carbocycles. The van der Waals surface area contributed by atoms with E-state index < -0.39 is 13.3 Å². The predicted molar refractivity (Wildman–Crippen MR) is 236 cm³/mol. The van der Waals surface area contributed by atoms with Crippen LogP contribution < -0.4 is 4.40 Å². The second-order valence-electron chi connectivity index (χ2n) is 15.6. The summed E-state index contributed by atoms with van der Waals surface area (Å²) in [5.41, 5.74) is 15.8. The number of rotatable bonds is 8. The smallest absolute Gasteiger partial charge is 0 e. The van der Waals surface area contributed by atoms with Crippen LogP contribution in [0.5, 0.6) is 0 Å². The maximum Gasteiger partial charge on any atom is 0 e. The Labute approximate surface area is 349 Å². The topological polar surface area (TPSA) is 38.9 Å². The van der Waals surface area contributed by atoms with Gasteiger partial charge in [-0.25, -0.2) is 0 Å². The van der Waals surface area contributed by atoms with Gasteiger partial charge in [-0.3, -0.25) is 0 Å². The third-order valence-electron chi connectivity index (χ3n) is 10.9. The Morgan fingerprint density at radius 1 is 0.696 bits per heavy atom. The summed E-state index contributed by atoms with van der Waals surface area (Å²) in [4.78, 5) is 9.39. The van der Waals surface area contributed by atoms with Crippen molar-refractivity contribution in [3.05, 3.63) is 162 Å². The van der Waals surface area contributed by atoms with Gasteiger partial charge in [0, 0.05) is 31.7 Å². The van der Waals surface area contributed by atoms with E-state index in [0.29, 0.717) is 5.92 Å². The number of pyridine rings is 2. The van der Waals surface area contributed by atoms with Gasteiger partial charge < -0.3 is 9.40 Å². The van der Waals surface area contributed by atoms with E-state index in [1.54, 1.807) is 0 Å². The maximum atomic E-state index is 6.46. The van der Waals surface area contributed by atoms with Crippen LogP contribution in [0.1, 0.15) is 54.9 Å². The van der Waals surface area contributed by atoms with Crippen molar-refractivity contribution in [3.63, 3.8) is 0 Å². The van der Waals surface area contributed by atoms with Gasteiger partial charge in [-0.05, 0) is 72.7 Å². The first-order valence-corrected chi connectivity index (χ1v) is 26.8. The first kappa shape index (κ1) is 41.0. The summed E-state index contributed by atoms with van der Waals surface area (Å²) in [6, 6.07) is 47.2. The summed E-state index contributed by atoms with van der Waals surface area (Å²) < 4.78 is 7.90. The Morgan fingerprint density at radius 3 is 2.11 bits per heavy atom. The molecule has 0 aliphatic heterocycles. The molecule has 5 heteroatoms. The average molecular weight is 972 g/mol. The number of aryl methyl sites for hydroxylation is 3. The molecule has 0 unspecified atom stereocenters. The molecule has 3 heterocycles. The minimum atomic E-state index is -1.80. The van der Waals surface area contributed by atoms with Crippen molar-refractivity contribution in [2.75, 3.05) is 0 Å². The number of hydrogen-bond donors (Lipinski definition) is 0. The van der Waals surface area contributed by atoms with E-state index in [2.05, 4.69) is 173 Å². The molecule has 56 heavy (non-hydrogen) atoms. The molecule has 8 aromatic rings. The molecule has 0 saturated carbocycles. The molecule has 3 aromatic heterocycles. The summed E-state index contributed by atoms with van der Waals surface area (Å²) in [5, 5.41) is 2.27. The van der Waals surface area contributed by atoms with Crippen LogP contribution in [-0.2, 0) is 20.1 Å². The number of aromatic nitrogens is 2. The number of benzene rings is 5. The zero-order valence-corrected chi connectivity index (χ0v) is 38.2. The van der Waals surface area contributed by atoms with E-state index in [1.165, 1.54) is 48.9 Å². The number of hydrogen-bond acceptors (Lipinski definition) is 3. The Hall–Kier alpha value is -4.61. The van der Waals surface area contributed by atoms with Crippen LogP contribution in [0.25, 0.3) is 66.7 Å². The molecule has 0 aliphatic rings. The summed E-state index contributed by atoms with van der Waals surface area (Å²) in [7, 11) is 0. The van der Waals surface area contributed by atoms with Crippen LogP contribution in [0.4, 0.5) is 0 Å². The maximum absolute atomic E-state index is 6.46. The molecular weight excluding hydrogens is 921 g/mol. The SMILES string of the molecule is CCC(CC)c1ccnc(-c2[c-]ccc3c2oc2cccc(-c4c(C)cccc4C)c23)c1.Cc1c[c-]c(-c2cc[c]([Ge]([CH3])([CH3])[CH3])cn2)cc1-c1ccccc1.[Ir]. The molecule has 0 spiro atoms. The van der Waals surface area contributed by atoms with E-state index in [-0.39, 0.29) is 20.1 Å². The largest absolute Gasteiger partial charge is 0 e. The van der Waals surface area contributed by atoms with Crippen LogP contribution in [0, 0.1) is 32.9 Å². The molecule has 0 aliphatic carbocycles. The minimum Gasteiger partial charge on any atom is 0 e. The zero-order chi connectivity index (χ0) is 38.7. The molecule has 1 radical (unpaired) electrons. The third-order valence-corrected chi connectivity index (χ3v) is 15.1. The van der Waals surface area contributed by atoms with Gasteiger partial charge in [-0.15, -0.1) is 18.2 Å². The molecule has 3 nitrogen and oxygen atoms in total. The van der Waals surface area contributed by atoms with Gasteiger partial charge in [0.15, 0.2) is 0 Å². The molecule has 0 amide bonds. The number of nitrogens with zero attached hydrogens (tertiary/aromatic N) is 2. The van der Waals surface area contributed by atoms with Crippen LogP contribution in [0.2, 0.25) is 17.3 Å². The fourth-order valence-electron chi connectivity index (χ4n) is 7.66. The van der Waals surface area contributed by atoms with E-state index in [0.717, 1.165) is 57.3 Å². The normalized spacial score (nSPS) is 11.4. The van der Waals surface area contributed by atoms with Crippen LogP contribution in [0.3, 0.4) is 0 Å². The zero-order valence-electron chi connectivity index (χ0n) is 33.8. The molecule has 285 valence electrons. The second kappa shape index (κ2) is 17.7. The number of furan rings is 1. The van der Waals surface area contributed by atoms with E-state index in [9.17, 15) is 0 Å². The summed E-state index contributed by atoms with van der Waals surface area (Å²) in [6.45, 7) is 11.0. The van der Waals surface area contributed by atoms with Gasteiger partial charge in [0.1, 0.15) is 5.58 Å². The summed E-state index contributed by atoms with van der Waals surface area (Å²) in [5.74, 6) is 7.72. The molecule has 0 saturated heterocycles. The van der Waals surface area contributed by atoms with Gasteiger partial charge in [0.05, 0.1) is 5.58 Å². The van der Waals surface area contributed by atoms with E-state index in [1.807, 2.05) is 18.3 Å². The first-order valence-electron chi connectivity index (χ1n) is 19.5. The van der Waals surface area contributed by atoms with Crippen LogP contribution >= 0.6 is 0 Å². The monoisotopic (exact) mass is 973 g/mol. The van der Waals surface area contributed by atoms with Crippen molar-refractivity contribution in [2.45, 2.75) is 70.6 Å². The van der Waals surface area contributed by atoms with Gasteiger partial charge in [-0.1, -0.05) is 66.8 Å². The van der Waals surface area contributed by atoms with Crippen molar-refractivity contribution >= 4 is 39.6 Å². The van der Waals surface area contributed by atoms with Crippen molar-refractivity contribution in [3.8, 4) is 44.8 Å². The summed E-state index contributed by atoms with van der Waals surface area (Å²) >= 11 is -1.80. The molecule has 8 rings (SSSR count). The molecule has 0 atom stereocenters. The first-order chi connectivity index (χ1) is 26.6. The summed E-state index contributed by atoms with van der Waals surface area (Å²) in [6.07, 6.45) is 6.22. The third kappa shape index (κ3) is 8.54. The van der Waals surface area contributed by atoms with Gasteiger partial charge >= 0.3 is 142 Å². The standard InChI is InChI=1S/C30H28NO.C21H22GeN.Ir/c1-5-21(6-2)22-16-17-31-26(18-22)23-12-8-14-25-29-24(13-9-15-27(29)32-30(23)25)28-19(3)10-7-11-20(28)4;1-16-10-11-18(14-20(16)17-8-6-5-7-9-17)21-13-12-19(15-23-21)22(2,3)4;/h7-11,13-18,21H,5-6H2,1-4H3;5-10,12-15H,1-4H3;/q2*-1;. The van der Waals surface area contributed by atoms with Crippen molar-refractivity contribution < 1.29 is 24.5 Å². The van der Waals surface area contributed by atoms with Gasteiger partial charge in [0.2, 0.25) is 0 Å².